The van der Waals surface area contributed by atoms with Crippen LogP contribution in [-0.4, -0.2) is 14.5 Å². The summed E-state index contributed by atoms with van der Waals surface area (Å²) in [6, 6.07) is 29.6. The summed E-state index contributed by atoms with van der Waals surface area (Å²) in [5.74, 6) is 1.69. The number of fused-ring (bicyclic) bond motifs is 3. The lowest BCUT2D eigenvalue weighted by atomic mass is 10.0. The highest BCUT2D eigenvalue weighted by Gasteiger charge is 2.13. The molecule has 0 fully saturated rings. The summed E-state index contributed by atoms with van der Waals surface area (Å²) >= 11 is 0. The minimum Gasteiger partial charge on any atom is -0.439 e. The second-order valence-corrected chi connectivity index (χ2v) is 7.42. The van der Waals surface area contributed by atoms with Crippen LogP contribution in [0.4, 0.5) is 0 Å². The minimum atomic E-state index is 0.0984. The second-order valence-electron chi connectivity index (χ2n) is 7.42. The van der Waals surface area contributed by atoms with Gasteiger partial charge in [-0.1, -0.05) is 54.6 Å². The van der Waals surface area contributed by atoms with Crippen LogP contribution in [0.1, 0.15) is 2.74 Å². The van der Waals surface area contributed by atoms with E-state index in [1.165, 1.54) is 6.07 Å². The Morgan fingerprint density at radius 3 is 2.47 bits per heavy atom. The molecular formula is C28H19N3O. The van der Waals surface area contributed by atoms with E-state index >= 15 is 0 Å². The maximum Gasteiger partial charge on any atom is 0.219 e. The molecule has 0 radical (unpaired) electrons. The van der Waals surface area contributed by atoms with Gasteiger partial charge in [0.05, 0.1) is 13.8 Å². The molecule has 4 nitrogen and oxygen atoms in total. The molecular weight excluding hydrogens is 394 g/mol. The molecule has 0 amide bonds. The first-order chi connectivity index (χ1) is 16.7. The molecule has 0 spiro atoms. The van der Waals surface area contributed by atoms with Crippen molar-refractivity contribution in [2.45, 2.75) is 0 Å². The Balaban J connectivity index is 1.53. The van der Waals surface area contributed by atoms with Gasteiger partial charge in [0.1, 0.15) is 11.6 Å². The van der Waals surface area contributed by atoms with Crippen LogP contribution in [0, 0.1) is 0 Å². The Morgan fingerprint density at radius 1 is 0.688 bits per heavy atom. The van der Waals surface area contributed by atoms with E-state index in [-0.39, 0.29) is 12.1 Å². The summed E-state index contributed by atoms with van der Waals surface area (Å²) in [5, 5.41) is 2.14. The fourth-order valence-electron chi connectivity index (χ4n) is 4.04. The molecule has 0 unspecified atom stereocenters. The van der Waals surface area contributed by atoms with Crippen LogP contribution in [0.25, 0.3) is 38.8 Å². The van der Waals surface area contributed by atoms with Gasteiger partial charge in [-0.05, 0) is 53.6 Å². The third-order valence-corrected chi connectivity index (χ3v) is 5.45. The maximum absolute atomic E-state index is 8.48. The first kappa shape index (κ1) is 16.3. The molecule has 0 saturated heterocycles. The zero-order valence-electron chi connectivity index (χ0n) is 19.1. The Bertz CT molecular complexity index is 1660. The minimum absolute atomic E-state index is 0.0984. The number of para-hydroxylation sites is 1. The molecule has 3 aromatic heterocycles. The van der Waals surface area contributed by atoms with Crippen molar-refractivity contribution in [3.8, 4) is 28.6 Å². The number of hydrogen-bond donors (Lipinski definition) is 0. The average molecular weight is 415 g/mol. The highest BCUT2D eigenvalue weighted by Crippen LogP contribution is 2.35. The average Bonchev–Trinajstić information content (AvgIpc) is 3.20. The molecule has 4 heteroatoms. The van der Waals surface area contributed by atoms with Crippen LogP contribution in [0.2, 0.25) is 0 Å². The second kappa shape index (κ2) is 7.67. The van der Waals surface area contributed by atoms with Crippen molar-refractivity contribution < 1.29 is 7.48 Å². The molecule has 3 aromatic carbocycles. The maximum atomic E-state index is 8.48. The molecule has 0 atom stereocenters. The third kappa shape index (κ3) is 3.19. The molecule has 0 aliphatic carbocycles. The molecule has 0 bridgehead atoms. The molecule has 152 valence electrons. The number of benzene rings is 3. The Kier molecular flexibility index (Phi) is 3.90. The van der Waals surface area contributed by atoms with Crippen molar-refractivity contribution in [3.63, 3.8) is 0 Å². The molecule has 0 aliphatic rings. The van der Waals surface area contributed by atoms with Gasteiger partial charge in [-0.3, -0.25) is 4.57 Å². The fourth-order valence-corrected chi connectivity index (χ4v) is 4.04. The SMILES string of the molecule is [2H]c1ccnc(-n2c3ccccc3c3ccc(-c4cccc(Oc5ccccn5)c4)cc32)c1[2H]. The third-order valence-electron chi connectivity index (χ3n) is 5.45. The topological polar surface area (TPSA) is 39.9 Å². The summed E-state index contributed by atoms with van der Waals surface area (Å²) < 4.78 is 24.5. The van der Waals surface area contributed by atoms with Gasteiger partial charge in [0.2, 0.25) is 5.88 Å². The number of aromatic nitrogens is 3. The van der Waals surface area contributed by atoms with Gasteiger partial charge in [0.25, 0.3) is 0 Å². The van der Waals surface area contributed by atoms with Crippen molar-refractivity contribution in [1.82, 2.24) is 14.5 Å². The van der Waals surface area contributed by atoms with Crippen LogP contribution in [0.3, 0.4) is 0 Å². The zero-order chi connectivity index (χ0) is 23.1. The van der Waals surface area contributed by atoms with Gasteiger partial charge in [0, 0.05) is 29.2 Å². The van der Waals surface area contributed by atoms with E-state index < -0.39 is 0 Å². The first-order valence-corrected chi connectivity index (χ1v) is 10.3. The largest absolute Gasteiger partial charge is 0.439 e. The van der Waals surface area contributed by atoms with Crippen molar-refractivity contribution in [2.75, 3.05) is 0 Å². The number of ether oxygens (including phenoxy) is 1. The van der Waals surface area contributed by atoms with Crippen molar-refractivity contribution in [2.24, 2.45) is 0 Å². The lowest BCUT2D eigenvalue weighted by Gasteiger charge is -2.09. The van der Waals surface area contributed by atoms with Crippen molar-refractivity contribution in [3.05, 3.63) is 115 Å². The Hall–Kier alpha value is -4.44. The molecule has 6 rings (SSSR count). The van der Waals surface area contributed by atoms with E-state index in [2.05, 4.69) is 34.2 Å². The first-order valence-electron chi connectivity index (χ1n) is 11.3. The van der Waals surface area contributed by atoms with Crippen LogP contribution >= 0.6 is 0 Å². The highest BCUT2D eigenvalue weighted by atomic mass is 16.5. The molecule has 3 heterocycles. The van der Waals surface area contributed by atoms with Gasteiger partial charge in [0.15, 0.2) is 0 Å². The number of nitrogens with zero attached hydrogens (tertiary/aromatic N) is 3. The number of pyridine rings is 2. The lowest BCUT2D eigenvalue weighted by molar-refractivity contribution is 0.463. The van der Waals surface area contributed by atoms with Crippen LogP contribution in [-0.2, 0) is 0 Å². The summed E-state index contributed by atoms with van der Waals surface area (Å²) in [7, 11) is 0. The normalized spacial score (nSPS) is 12.0. The smallest absolute Gasteiger partial charge is 0.219 e. The van der Waals surface area contributed by atoms with Crippen molar-refractivity contribution in [1.29, 1.82) is 0 Å². The molecule has 0 saturated carbocycles. The molecule has 0 aliphatic heterocycles. The predicted octanol–water partition coefficient (Wildman–Crippen LogP) is 7.03. The zero-order valence-corrected chi connectivity index (χ0v) is 17.1. The van der Waals surface area contributed by atoms with Gasteiger partial charge in [-0.25, -0.2) is 9.97 Å². The van der Waals surface area contributed by atoms with Gasteiger partial charge in [-0.15, -0.1) is 0 Å². The van der Waals surface area contributed by atoms with Gasteiger partial charge < -0.3 is 4.74 Å². The number of rotatable bonds is 4. The van der Waals surface area contributed by atoms with E-state index in [9.17, 15) is 0 Å². The monoisotopic (exact) mass is 415 g/mol. The van der Waals surface area contributed by atoms with E-state index in [4.69, 9.17) is 7.48 Å². The lowest BCUT2D eigenvalue weighted by Crippen LogP contribution is -1.96. The summed E-state index contributed by atoms with van der Waals surface area (Å²) in [6.07, 6.45) is 3.28. The molecule has 6 aromatic rings. The molecule has 32 heavy (non-hydrogen) atoms. The van der Waals surface area contributed by atoms with Crippen LogP contribution < -0.4 is 4.74 Å². The van der Waals surface area contributed by atoms with E-state index in [0.29, 0.717) is 17.4 Å². The van der Waals surface area contributed by atoms with E-state index in [0.717, 1.165) is 32.9 Å². The summed E-state index contributed by atoms with van der Waals surface area (Å²) in [5.41, 5.74) is 3.90. The predicted molar refractivity (Wildman–Crippen MR) is 128 cm³/mol. The van der Waals surface area contributed by atoms with Crippen molar-refractivity contribution >= 4 is 21.8 Å². The van der Waals surface area contributed by atoms with Gasteiger partial charge in [-0.2, -0.15) is 0 Å². The quantitative estimate of drug-likeness (QED) is 0.310. The number of hydrogen-bond acceptors (Lipinski definition) is 3. The Labute approximate surface area is 188 Å². The van der Waals surface area contributed by atoms with E-state index in [1.807, 2.05) is 65.2 Å². The standard InChI is InChI=1S/C28H19N3O/c1-2-11-25-23(10-1)24-15-14-21(19-26(24)31(25)27-12-3-5-16-29-27)20-8-7-9-22(18-20)32-28-13-4-6-17-30-28/h1-19H/i3D,12D. The van der Waals surface area contributed by atoms with E-state index in [1.54, 1.807) is 12.4 Å². The van der Waals surface area contributed by atoms with Crippen LogP contribution in [0.5, 0.6) is 11.6 Å². The fraction of sp³-hybridized carbons (Fsp3) is 0. The molecule has 0 N–H and O–H groups in total. The summed E-state index contributed by atoms with van der Waals surface area (Å²) in [4.78, 5) is 8.71. The Morgan fingerprint density at radius 2 is 1.53 bits per heavy atom. The summed E-state index contributed by atoms with van der Waals surface area (Å²) in [6.45, 7) is 0. The van der Waals surface area contributed by atoms with Crippen LogP contribution in [0.15, 0.2) is 115 Å². The van der Waals surface area contributed by atoms with Gasteiger partial charge >= 0.3 is 0 Å². The highest BCUT2D eigenvalue weighted by molar-refractivity contribution is 6.10.